The molecule has 0 bridgehead atoms. The molecule has 2 rings (SSSR count). The minimum atomic E-state index is 0.0203. The van der Waals surface area contributed by atoms with Gasteiger partial charge < -0.3 is 15.4 Å². The maximum Gasteiger partial charge on any atom is 0.196 e. The maximum atomic E-state index is 6.16. The number of rotatable bonds is 6. The second kappa shape index (κ2) is 6.16. The molecule has 1 aliphatic rings. The summed E-state index contributed by atoms with van der Waals surface area (Å²) >= 11 is 0. The number of hydrogen-bond acceptors (Lipinski definition) is 4. The molecular formula is C16H25N3O. The third kappa shape index (κ3) is 2.60. The summed E-state index contributed by atoms with van der Waals surface area (Å²) in [5.74, 6) is 1.47. The highest BCUT2D eigenvalue weighted by Gasteiger charge is 2.41. The first-order valence-corrected chi connectivity index (χ1v) is 7.41. The molecule has 1 aromatic carbocycles. The van der Waals surface area contributed by atoms with Crippen LogP contribution < -0.4 is 15.4 Å². The van der Waals surface area contributed by atoms with Crippen LogP contribution in [-0.2, 0) is 0 Å². The van der Waals surface area contributed by atoms with E-state index in [0.717, 1.165) is 30.8 Å². The van der Waals surface area contributed by atoms with Gasteiger partial charge in [-0.15, -0.1) is 0 Å². The first kappa shape index (κ1) is 14.7. The first-order valence-electron chi connectivity index (χ1n) is 7.41. The number of anilines is 1. The van der Waals surface area contributed by atoms with Gasteiger partial charge in [-0.2, -0.15) is 0 Å². The van der Waals surface area contributed by atoms with Crippen LogP contribution in [-0.4, -0.2) is 25.2 Å². The van der Waals surface area contributed by atoms with E-state index in [1.165, 1.54) is 12.8 Å². The van der Waals surface area contributed by atoms with Crippen LogP contribution in [0, 0.1) is 0 Å². The third-order valence-electron chi connectivity index (χ3n) is 4.20. The molecule has 0 saturated heterocycles. The van der Waals surface area contributed by atoms with Crippen LogP contribution in [0.25, 0.3) is 0 Å². The average molecular weight is 275 g/mol. The van der Waals surface area contributed by atoms with Gasteiger partial charge in [-0.25, -0.2) is 0 Å². The lowest BCUT2D eigenvalue weighted by Crippen LogP contribution is -2.51. The van der Waals surface area contributed by atoms with Crippen molar-refractivity contribution in [2.24, 2.45) is 10.7 Å². The Labute approximate surface area is 121 Å². The van der Waals surface area contributed by atoms with Gasteiger partial charge in [0.2, 0.25) is 0 Å². The quantitative estimate of drug-likeness (QED) is 0.867. The maximum absolute atomic E-state index is 6.16. The van der Waals surface area contributed by atoms with Gasteiger partial charge in [-0.3, -0.25) is 4.99 Å². The lowest BCUT2D eigenvalue weighted by atomic mass is 9.88. The van der Waals surface area contributed by atoms with Crippen molar-refractivity contribution in [2.45, 2.75) is 45.1 Å². The zero-order valence-electron chi connectivity index (χ0n) is 12.7. The van der Waals surface area contributed by atoms with E-state index in [1.807, 2.05) is 18.2 Å². The van der Waals surface area contributed by atoms with Crippen molar-refractivity contribution in [1.82, 2.24) is 0 Å². The standard InChI is InChI=1S/C16H25N3O/c1-4-6-10-16(5-2)12-18-15(17)19(16)13-8-7-9-14(11-13)20-3/h7-9,11H,4-6,10,12H2,1-3H3,(H2,17,18). The molecule has 0 amide bonds. The van der Waals surface area contributed by atoms with Crippen molar-refractivity contribution in [3.05, 3.63) is 24.3 Å². The van der Waals surface area contributed by atoms with Crippen molar-refractivity contribution < 1.29 is 4.74 Å². The fraction of sp³-hybridized carbons (Fsp3) is 0.562. The fourth-order valence-electron chi connectivity index (χ4n) is 2.91. The Balaban J connectivity index is 2.35. The van der Waals surface area contributed by atoms with Gasteiger partial charge in [0.1, 0.15) is 5.75 Å². The van der Waals surface area contributed by atoms with Crippen molar-refractivity contribution >= 4 is 11.6 Å². The molecule has 0 aliphatic carbocycles. The van der Waals surface area contributed by atoms with Crippen LogP contribution in [0.15, 0.2) is 29.3 Å². The Morgan fingerprint density at radius 3 is 2.85 bits per heavy atom. The van der Waals surface area contributed by atoms with Crippen LogP contribution in [0.3, 0.4) is 0 Å². The van der Waals surface area contributed by atoms with E-state index in [-0.39, 0.29) is 5.54 Å². The number of ether oxygens (including phenoxy) is 1. The minimum Gasteiger partial charge on any atom is -0.497 e. The van der Waals surface area contributed by atoms with Crippen LogP contribution >= 0.6 is 0 Å². The second-order valence-electron chi connectivity index (χ2n) is 5.39. The molecule has 1 aromatic rings. The molecule has 0 spiro atoms. The summed E-state index contributed by atoms with van der Waals surface area (Å²) in [6.45, 7) is 5.22. The number of methoxy groups -OCH3 is 1. The van der Waals surface area contributed by atoms with E-state index in [2.05, 4.69) is 29.8 Å². The monoisotopic (exact) mass is 275 g/mol. The second-order valence-corrected chi connectivity index (χ2v) is 5.39. The SMILES string of the molecule is CCCCC1(CC)CN=C(N)N1c1cccc(OC)c1. The fourth-order valence-corrected chi connectivity index (χ4v) is 2.91. The highest BCUT2D eigenvalue weighted by molar-refractivity contribution is 5.98. The molecule has 110 valence electrons. The molecule has 4 nitrogen and oxygen atoms in total. The predicted octanol–water partition coefficient (Wildman–Crippen LogP) is 3.17. The van der Waals surface area contributed by atoms with Crippen molar-refractivity contribution in [1.29, 1.82) is 0 Å². The van der Waals surface area contributed by atoms with E-state index in [1.54, 1.807) is 7.11 Å². The summed E-state index contributed by atoms with van der Waals surface area (Å²) in [6, 6.07) is 8.06. The Morgan fingerprint density at radius 2 is 2.20 bits per heavy atom. The number of hydrogen-bond donors (Lipinski definition) is 1. The van der Waals surface area contributed by atoms with E-state index in [0.29, 0.717) is 5.96 Å². The number of nitrogens with zero attached hydrogens (tertiary/aromatic N) is 2. The number of unbranched alkanes of at least 4 members (excludes halogenated alkanes) is 1. The molecular weight excluding hydrogens is 250 g/mol. The molecule has 1 atom stereocenters. The van der Waals surface area contributed by atoms with E-state index < -0.39 is 0 Å². The summed E-state index contributed by atoms with van der Waals surface area (Å²) in [7, 11) is 1.69. The Kier molecular flexibility index (Phi) is 4.53. The highest BCUT2D eigenvalue weighted by Crippen LogP contribution is 2.36. The molecule has 0 fully saturated rings. The lowest BCUT2D eigenvalue weighted by Gasteiger charge is -2.39. The van der Waals surface area contributed by atoms with Gasteiger partial charge in [-0.05, 0) is 25.0 Å². The minimum absolute atomic E-state index is 0.0203. The van der Waals surface area contributed by atoms with E-state index >= 15 is 0 Å². The number of guanidine groups is 1. The molecule has 4 heteroatoms. The van der Waals surface area contributed by atoms with Crippen molar-refractivity contribution in [3.8, 4) is 5.75 Å². The Bertz CT molecular complexity index is 486. The summed E-state index contributed by atoms with van der Waals surface area (Å²) in [6.07, 6.45) is 4.53. The van der Waals surface area contributed by atoms with Crippen LogP contribution in [0.4, 0.5) is 5.69 Å². The van der Waals surface area contributed by atoms with E-state index in [4.69, 9.17) is 10.5 Å². The molecule has 1 aliphatic heterocycles. The number of aliphatic imine (C=N–C) groups is 1. The molecule has 0 saturated carbocycles. The number of nitrogens with two attached hydrogens (primary N) is 1. The molecule has 0 aromatic heterocycles. The molecule has 20 heavy (non-hydrogen) atoms. The van der Waals surface area contributed by atoms with Gasteiger partial charge in [0.15, 0.2) is 5.96 Å². The Hall–Kier alpha value is -1.71. The normalized spacial score (nSPS) is 21.9. The van der Waals surface area contributed by atoms with Crippen molar-refractivity contribution in [3.63, 3.8) is 0 Å². The highest BCUT2D eigenvalue weighted by atomic mass is 16.5. The zero-order chi connectivity index (χ0) is 14.6. The van der Waals surface area contributed by atoms with Gasteiger partial charge in [0.05, 0.1) is 19.2 Å². The topological polar surface area (TPSA) is 50.8 Å². The van der Waals surface area contributed by atoms with Crippen LogP contribution in [0.1, 0.15) is 39.5 Å². The van der Waals surface area contributed by atoms with Crippen LogP contribution in [0.5, 0.6) is 5.75 Å². The Morgan fingerprint density at radius 1 is 1.40 bits per heavy atom. The summed E-state index contributed by atoms with van der Waals surface area (Å²) < 4.78 is 5.33. The summed E-state index contributed by atoms with van der Waals surface area (Å²) in [5, 5.41) is 0. The molecule has 2 N–H and O–H groups in total. The number of benzene rings is 1. The van der Waals surface area contributed by atoms with Gasteiger partial charge in [0.25, 0.3) is 0 Å². The van der Waals surface area contributed by atoms with Gasteiger partial charge in [-0.1, -0.05) is 32.8 Å². The largest absolute Gasteiger partial charge is 0.497 e. The molecule has 0 radical (unpaired) electrons. The van der Waals surface area contributed by atoms with Crippen LogP contribution in [0.2, 0.25) is 0 Å². The lowest BCUT2D eigenvalue weighted by molar-refractivity contribution is 0.392. The molecule has 1 unspecified atom stereocenters. The predicted molar refractivity (Wildman–Crippen MR) is 84.5 cm³/mol. The summed E-state index contributed by atoms with van der Waals surface area (Å²) in [4.78, 5) is 6.71. The third-order valence-corrected chi connectivity index (χ3v) is 4.20. The first-order chi connectivity index (χ1) is 9.66. The van der Waals surface area contributed by atoms with E-state index in [9.17, 15) is 0 Å². The zero-order valence-corrected chi connectivity index (χ0v) is 12.7. The average Bonchev–Trinajstić information content (AvgIpc) is 2.82. The molecule has 1 heterocycles. The van der Waals surface area contributed by atoms with Gasteiger partial charge in [0, 0.05) is 11.8 Å². The summed E-state index contributed by atoms with van der Waals surface area (Å²) in [5.41, 5.74) is 7.25. The van der Waals surface area contributed by atoms with Crippen molar-refractivity contribution in [2.75, 3.05) is 18.6 Å². The smallest absolute Gasteiger partial charge is 0.196 e. The van der Waals surface area contributed by atoms with Gasteiger partial charge >= 0.3 is 0 Å².